The number of pyridine rings is 1. The van der Waals surface area contributed by atoms with Crippen LogP contribution in [0.25, 0.3) is 22.2 Å². The molecule has 4 heterocycles. The second-order valence-corrected chi connectivity index (χ2v) is 9.49. The van der Waals surface area contributed by atoms with E-state index in [0.29, 0.717) is 13.2 Å². The normalized spacial score (nSPS) is 27.4. The highest BCUT2D eigenvalue weighted by Gasteiger charge is 2.50. The summed E-state index contributed by atoms with van der Waals surface area (Å²) in [7, 11) is 0. The number of likely N-dealkylation sites (tertiary alicyclic amines) is 1. The molecule has 1 aromatic carbocycles. The monoisotopic (exact) mass is 488 g/mol. The van der Waals surface area contributed by atoms with Gasteiger partial charge in [-0.3, -0.25) is 4.79 Å². The average Bonchev–Trinajstić information content (AvgIpc) is 3.23. The van der Waals surface area contributed by atoms with Crippen molar-refractivity contribution in [2.75, 3.05) is 32.8 Å². The molecular weight excluding hydrogens is 461 g/mol. The average molecular weight is 489 g/mol. The number of ether oxygens (including phenoxy) is 1. The van der Waals surface area contributed by atoms with Gasteiger partial charge >= 0.3 is 0 Å². The molecule has 0 saturated carbocycles. The van der Waals surface area contributed by atoms with E-state index in [-0.39, 0.29) is 47.8 Å². The molecule has 7 nitrogen and oxygen atoms in total. The number of carbonyl (C=O) groups excluding carboxylic acids is 1. The Bertz CT molecular complexity index is 1240. The molecular formula is C25H27F3N4O3. The fraction of sp³-hybridized carbons (Fsp3) is 0.440. The first kappa shape index (κ1) is 23.8. The Kier molecular flexibility index (Phi) is 6.06. The van der Waals surface area contributed by atoms with Gasteiger partial charge in [-0.2, -0.15) is 0 Å². The number of aromatic nitrogens is 2. The highest BCUT2D eigenvalue weighted by atomic mass is 19.1. The van der Waals surface area contributed by atoms with E-state index in [1.54, 1.807) is 18.7 Å². The summed E-state index contributed by atoms with van der Waals surface area (Å²) in [6.45, 7) is 4.99. The summed E-state index contributed by atoms with van der Waals surface area (Å²) >= 11 is 0. The third-order valence-corrected chi connectivity index (χ3v) is 7.30. The Hall–Kier alpha value is -2.95. The van der Waals surface area contributed by atoms with Crippen molar-refractivity contribution < 1.29 is 27.8 Å². The third-order valence-electron chi connectivity index (χ3n) is 7.30. The standard InChI is InChI=1S/C25H27F3N4O3/c1-13-10-32(24(33)20-12-35-6-5-29-20)11-14(2)25(13,34)22-17(26)7-15(8-18(22)27)16-3-4-30-23-21(16)19(28)9-31-23/h3-4,7-9,13-14,20,29,34H,5-6,10-12H2,1-2H3,(H,30,31)/t13-,14+,20-,25?/m0/s1. The van der Waals surface area contributed by atoms with Gasteiger partial charge in [-0.25, -0.2) is 18.2 Å². The van der Waals surface area contributed by atoms with Crippen LogP contribution in [-0.4, -0.2) is 64.8 Å². The van der Waals surface area contributed by atoms with E-state index >= 15 is 8.78 Å². The third kappa shape index (κ3) is 3.89. The van der Waals surface area contributed by atoms with Crippen LogP contribution >= 0.6 is 0 Å². The Morgan fingerprint density at radius 2 is 1.86 bits per heavy atom. The summed E-state index contributed by atoms with van der Waals surface area (Å²) in [6.07, 6.45) is 2.56. The van der Waals surface area contributed by atoms with Crippen LogP contribution in [0.1, 0.15) is 19.4 Å². The molecule has 0 radical (unpaired) electrons. The minimum atomic E-state index is -1.84. The second kappa shape index (κ2) is 8.92. The Morgan fingerprint density at radius 3 is 2.49 bits per heavy atom. The summed E-state index contributed by atoms with van der Waals surface area (Å²) in [4.78, 5) is 21.3. The van der Waals surface area contributed by atoms with Crippen molar-refractivity contribution in [2.24, 2.45) is 11.8 Å². The minimum Gasteiger partial charge on any atom is -0.384 e. The molecule has 10 heteroatoms. The summed E-state index contributed by atoms with van der Waals surface area (Å²) in [5.74, 6) is -3.89. The predicted molar refractivity (Wildman–Crippen MR) is 123 cm³/mol. The summed E-state index contributed by atoms with van der Waals surface area (Å²) in [5.41, 5.74) is -1.59. The van der Waals surface area contributed by atoms with Crippen molar-refractivity contribution in [1.82, 2.24) is 20.2 Å². The SMILES string of the molecule is C[C@@H]1CN(C(=O)[C@@H]2COCCN2)C[C@H](C)C1(O)c1c(F)cc(-c2ccnc3[nH]cc(F)c23)cc1F. The van der Waals surface area contributed by atoms with Gasteiger partial charge in [0.25, 0.3) is 0 Å². The lowest BCUT2D eigenvalue weighted by Gasteiger charge is -2.48. The van der Waals surface area contributed by atoms with Crippen LogP contribution in [0.5, 0.6) is 0 Å². The van der Waals surface area contributed by atoms with Crippen LogP contribution in [0.3, 0.4) is 0 Å². The minimum absolute atomic E-state index is 0.131. The predicted octanol–water partition coefficient (Wildman–Crippen LogP) is 2.94. The molecule has 3 N–H and O–H groups in total. The maximum Gasteiger partial charge on any atom is 0.242 e. The molecule has 0 spiro atoms. The number of aromatic amines is 1. The molecule has 4 atom stereocenters. The van der Waals surface area contributed by atoms with Crippen LogP contribution in [0.2, 0.25) is 0 Å². The van der Waals surface area contributed by atoms with Gasteiger partial charge < -0.3 is 25.0 Å². The zero-order valence-electron chi connectivity index (χ0n) is 19.4. The van der Waals surface area contributed by atoms with E-state index in [9.17, 15) is 14.3 Å². The largest absolute Gasteiger partial charge is 0.384 e. The number of fused-ring (bicyclic) bond motifs is 1. The maximum absolute atomic E-state index is 15.5. The first-order chi connectivity index (χ1) is 16.7. The lowest BCUT2D eigenvalue weighted by molar-refractivity contribution is -0.154. The topological polar surface area (TPSA) is 90.5 Å². The lowest BCUT2D eigenvalue weighted by Crippen LogP contribution is -2.60. The Labute approximate surface area is 200 Å². The number of hydrogen-bond donors (Lipinski definition) is 3. The van der Waals surface area contributed by atoms with Crippen LogP contribution in [0.4, 0.5) is 13.2 Å². The van der Waals surface area contributed by atoms with E-state index in [0.717, 1.165) is 18.3 Å². The van der Waals surface area contributed by atoms with Gasteiger partial charge in [0.05, 0.1) is 24.2 Å². The van der Waals surface area contributed by atoms with E-state index in [1.165, 1.54) is 12.3 Å². The molecule has 0 aliphatic carbocycles. The van der Waals surface area contributed by atoms with Gasteiger partial charge in [0.2, 0.25) is 5.91 Å². The zero-order chi connectivity index (χ0) is 24.9. The molecule has 186 valence electrons. The summed E-state index contributed by atoms with van der Waals surface area (Å²) < 4.78 is 50.7. The fourth-order valence-electron chi connectivity index (χ4n) is 5.49. The second-order valence-electron chi connectivity index (χ2n) is 9.49. The Balaban J connectivity index is 1.47. The number of morpholine rings is 1. The van der Waals surface area contributed by atoms with Crippen molar-refractivity contribution in [1.29, 1.82) is 0 Å². The number of halogens is 3. The smallest absolute Gasteiger partial charge is 0.242 e. The number of hydrogen-bond acceptors (Lipinski definition) is 5. The van der Waals surface area contributed by atoms with Gasteiger partial charge in [0.15, 0.2) is 5.82 Å². The molecule has 2 aromatic heterocycles. The quantitative estimate of drug-likeness (QED) is 0.528. The number of nitrogens with zero attached hydrogens (tertiary/aromatic N) is 2. The number of benzene rings is 1. The zero-order valence-corrected chi connectivity index (χ0v) is 19.4. The van der Waals surface area contributed by atoms with E-state index < -0.39 is 46.5 Å². The van der Waals surface area contributed by atoms with Crippen LogP contribution < -0.4 is 5.32 Å². The maximum atomic E-state index is 15.5. The highest BCUT2D eigenvalue weighted by Crippen LogP contribution is 2.44. The molecule has 0 bridgehead atoms. The van der Waals surface area contributed by atoms with Crippen LogP contribution in [0, 0.1) is 29.3 Å². The van der Waals surface area contributed by atoms with Gasteiger partial charge in [0, 0.05) is 43.9 Å². The van der Waals surface area contributed by atoms with Crippen molar-refractivity contribution in [3.63, 3.8) is 0 Å². The molecule has 2 aliphatic rings. The first-order valence-corrected chi connectivity index (χ1v) is 11.7. The van der Waals surface area contributed by atoms with Crippen molar-refractivity contribution in [3.8, 4) is 11.1 Å². The number of rotatable bonds is 3. The molecule has 1 amide bonds. The highest BCUT2D eigenvalue weighted by molar-refractivity contribution is 5.93. The number of H-pyrrole nitrogens is 1. The number of amides is 1. The van der Waals surface area contributed by atoms with Crippen molar-refractivity contribution in [3.05, 3.63) is 53.6 Å². The summed E-state index contributed by atoms with van der Waals surface area (Å²) in [5, 5.41) is 14.9. The van der Waals surface area contributed by atoms with Gasteiger partial charge in [0.1, 0.15) is 28.9 Å². The number of carbonyl (C=O) groups is 1. The number of nitrogens with one attached hydrogen (secondary N) is 2. The van der Waals surface area contributed by atoms with Crippen molar-refractivity contribution >= 4 is 16.9 Å². The summed E-state index contributed by atoms with van der Waals surface area (Å²) in [6, 6.07) is 3.23. The van der Waals surface area contributed by atoms with Crippen molar-refractivity contribution in [2.45, 2.75) is 25.5 Å². The van der Waals surface area contributed by atoms with E-state index in [2.05, 4.69) is 15.3 Å². The van der Waals surface area contributed by atoms with Crippen LogP contribution in [-0.2, 0) is 15.1 Å². The molecule has 1 unspecified atom stereocenters. The number of piperidine rings is 1. The lowest BCUT2D eigenvalue weighted by atomic mass is 9.70. The number of aliphatic hydroxyl groups is 1. The fourth-order valence-corrected chi connectivity index (χ4v) is 5.49. The van der Waals surface area contributed by atoms with E-state index in [1.807, 2.05) is 0 Å². The van der Waals surface area contributed by atoms with E-state index in [4.69, 9.17) is 4.74 Å². The molecule has 3 aromatic rings. The first-order valence-electron chi connectivity index (χ1n) is 11.7. The van der Waals surface area contributed by atoms with Gasteiger partial charge in [-0.1, -0.05) is 13.8 Å². The molecule has 2 aliphatic heterocycles. The molecule has 35 heavy (non-hydrogen) atoms. The molecule has 2 saturated heterocycles. The van der Waals surface area contributed by atoms with Gasteiger partial charge in [-0.05, 0) is 29.3 Å². The van der Waals surface area contributed by atoms with Gasteiger partial charge in [-0.15, -0.1) is 0 Å². The Morgan fingerprint density at radius 1 is 1.17 bits per heavy atom. The molecule has 2 fully saturated rings. The van der Waals surface area contributed by atoms with Crippen LogP contribution in [0.15, 0.2) is 30.6 Å². The molecule has 5 rings (SSSR count).